The topological polar surface area (TPSA) is 60.9 Å². The first kappa shape index (κ1) is 10.4. The van der Waals surface area contributed by atoms with E-state index >= 15 is 0 Å². The Kier molecular flexibility index (Phi) is 2.48. The van der Waals surface area contributed by atoms with E-state index in [9.17, 15) is 4.79 Å². The van der Waals surface area contributed by atoms with Crippen LogP contribution in [0.15, 0.2) is 30.3 Å². The largest absolute Gasteiger partial charge is 0.395 e. The minimum absolute atomic E-state index is 0.137. The lowest BCUT2D eigenvalue weighted by Gasteiger charge is -1.97. The van der Waals surface area contributed by atoms with Gasteiger partial charge in [0.25, 0.3) is 0 Å². The second kappa shape index (κ2) is 3.81. The minimum atomic E-state index is -0.137. The third kappa shape index (κ3) is 1.58. The van der Waals surface area contributed by atoms with Crippen LogP contribution in [0.5, 0.6) is 0 Å². The summed E-state index contributed by atoms with van der Waals surface area (Å²) in [6.07, 6.45) is 0. The number of ketones is 1. The number of carbonyl (C=O) groups excluding carboxylic acids is 1. The molecule has 1 aromatic carbocycles. The molecule has 0 unspecified atom stereocenters. The Bertz CT molecular complexity index is 529. The van der Waals surface area contributed by atoms with Gasteiger partial charge in [0.2, 0.25) is 5.78 Å². The Labute approximate surface area is 93.7 Å². The maximum absolute atomic E-state index is 12.1. The van der Waals surface area contributed by atoms with Crippen molar-refractivity contribution < 1.29 is 4.79 Å². The molecule has 0 aliphatic heterocycles. The number of nitrogens with two attached hydrogens (primary N) is 1. The van der Waals surface area contributed by atoms with Crippen LogP contribution < -0.4 is 5.73 Å². The molecule has 2 aromatic rings. The molecule has 4 nitrogen and oxygen atoms in total. The summed E-state index contributed by atoms with van der Waals surface area (Å²) in [5.74, 6) is -0.137. The fourth-order valence-corrected chi connectivity index (χ4v) is 1.52. The van der Waals surface area contributed by atoms with Crippen LogP contribution in [-0.2, 0) is 7.05 Å². The summed E-state index contributed by atoms with van der Waals surface area (Å²) in [7, 11) is 1.77. The Morgan fingerprint density at radius 3 is 2.44 bits per heavy atom. The first-order valence-corrected chi connectivity index (χ1v) is 5.00. The molecule has 0 spiro atoms. The molecule has 4 heteroatoms. The fourth-order valence-electron chi connectivity index (χ4n) is 1.52. The highest BCUT2D eigenvalue weighted by molar-refractivity contribution is 6.10. The third-order valence-corrected chi connectivity index (χ3v) is 2.63. The number of benzene rings is 1. The molecule has 2 rings (SSSR count). The van der Waals surface area contributed by atoms with Gasteiger partial charge in [-0.1, -0.05) is 30.3 Å². The first-order valence-electron chi connectivity index (χ1n) is 5.00. The van der Waals surface area contributed by atoms with E-state index in [1.54, 1.807) is 23.9 Å². The lowest BCUT2D eigenvalue weighted by atomic mass is 10.1. The van der Waals surface area contributed by atoms with Gasteiger partial charge < -0.3 is 5.73 Å². The molecule has 0 saturated carbocycles. The van der Waals surface area contributed by atoms with Gasteiger partial charge in [-0.25, -0.2) is 0 Å². The minimum Gasteiger partial charge on any atom is -0.395 e. The van der Waals surface area contributed by atoms with Crippen molar-refractivity contribution in [3.63, 3.8) is 0 Å². The van der Waals surface area contributed by atoms with E-state index in [-0.39, 0.29) is 5.78 Å². The Balaban J connectivity index is 2.46. The summed E-state index contributed by atoms with van der Waals surface area (Å²) in [5, 5.41) is 4.13. The van der Waals surface area contributed by atoms with Gasteiger partial charge in [0.05, 0.1) is 11.4 Å². The molecule has 0 aliphatic rings. The summed E-state index contributed by atoms with van der Waals surface area (Å²) in [4.78, 5) is 12.1. The summed E-state index contributed by atoms with van der Waals surface area (Å²) in [6.45, 7) is 1.84. The molecule has 0 atom stereocenters. The SMILES string of the molecule is Cc1c(N)c(C(=O)c2ccccc2)nn1C. The quantitative estimate of drug-likeness (QED) is 0.773. The van der Waals surface area contributed by atoms with Crippen molar-refractivity contribution in [2.75, 3.05) is 5.73 Å². The fraction of sp³-hybridized carbons (Fsp3) is 0.167. The van der Waals surface area contributed by atoms with Crippen LogP contribution in [0, 0.1) is 6.92 Å². The van der Waals surface area contributed by atoms with Crippen LogP contribution in [0.3, 0.4) is 0 Å². The zero-order valence-corrected chi connectivity index (χ0v) is 9.27. The van der Waals surface area contributed by atoms with E-state index in [4.69, 9.17) is 5.73 Å². The van der Waals surface area contributed by atoms with Crippen LogP contribution in [0.2, 0.25) is 0 Å². The Hall–Kier alpha value is -2.10. The molecule has 0 radical (unpaired) electrons. The van der Waals surface area contributed by atoms with Gasteiger partial charge in [0.1, 0.15) is 0 Å². The molecule has 2 N–H and O–H groups in total. The van der Waals surface area contributed by atoms with E-state index < -0.39 is 0 Å². The van der Waals surface area contributed by atoms with Gasteiger partial charge in [0, 0.05) is 12.6 Å². The summed E-state index contributed by atoms with van der Waals surface area (Å²) < 4.78 is 1.62. The smallest absolute Gasteiger partial charge is 0.215 e. The maximum Gasteiger partial charge on any atom is 0.215 e. The molecule has 1 heterocycles. The normalized spacial score (nSPS) is 10.4. The van der Waals surface area contributed by atoms with Gasteiger partial charge >= 0.3 is 0 Å². The van der Waals surface area contributed by atoms with Crippen molar-refractivity contribution in [2.45, 2.75) is 6.92 Å². The molecular formula is C12H13N3O. The standard InChI is InChI=1S/C12H13N3O/c1-8-10(13)11(14-15(8)2)12(16)9-6-4-3-5-7-9/h3-7H,13H2,1-2H3. The number of nitrogens with zero attached hydrogens (tertiary/aromatic N) is 2. The number of hydrogen-bond donors (Lipinski definition) is 1. The predicted molar refractivity (Wildman–Crippen MR) is 62.2 cm³/mol. The number of anilines is 1. The van der Waals surface area contributed by atoms with Crippen LogP contribution >= 0.6 is 0 Å². The zero-order chi connectivity index (χ0) is 11.7. The molecular weight excluding hydrogens is 202 g/mol. The molecule has 0 aliphatic carbocycles. The molecule has 0 saturated heterocycles. The van der Waals surface area contributed by atoms with E-state index in [1.807, 2.05) is 25.1 Å². The number of rotatable bonds is 2. The van der Waals surface area contributed by atoms with Crippen molar-refractivity contribution in [3.05, 3.63) is 47.3 Å². The predicted octanol–water partition coefficient (Wildman–Crippen LogP) is 1.54. The summed E-state index contributed by atoms with van der Waals surface area (Å²) >= 11 is 0. The monoisotopic (exact) mass is 215 g/mol. The number of nitrogen functional groups attached to an aromatic ring is 1. The lowest BCUT2D eigenvalue weighted by Crippen LogP contribution is -2.05. The number of aromatic nitrogens is 2. The van der Waals surface area contributed by atoms with Gasteiger partial charge in [-0.2, -0.15) is 5.10 Å². The van der Waals surface area contributed by atoms with Gasteiger partial charge in [-0.15, -0.1) is 0 Å². The highest BCUT2D eigenvalue weighted by Gasteiger charge is 2.18. The zero-order valence-electron chi connectivity index (χ0n) is 9.27. The van der Waals surface area contributed by atoms with E-state index in [0.29, 0.717) is 16.9 Å². The van der Waals surface area contributed by atoms with Crippen molar-refractivity contribution in [3.8, 4) is 0 Å². The van der Waals surface area contributed by atoms with E-state index in [0.717, 1.165) is 5.69 Å². The summed E-state index contributed by atoms with van der Waals surface area (Å²) in [6, 6.07) is 9.01. The highest BCUT2D eigenvalue weighted by atomic mass is 16.1. The van der Waals surface area contributed by atoms with Crippen LogP contribution in [0.25, 0.3) is 0 Å². The van der Waals surface area contributed by atoms with Crippen LogP contribution in [-0.4, -0.2) is 15.6 Å². The van der Waals surface area contributed by atoms with Gasteiger partial charge in [-0.05, 0) is 6.92 Å². The van der Waals surface area contributed by atoms with Crippen molar-refractivity contribution in [1.82, 2.24) is 9.78 Å². The number of aryl methyl sites for hydroxylation is 1. The first-order chi connectivity index (χ1) is 7.61. The molecule has 82 valence electrons. The molecule has 1 aromatic heterocycles. The average molecular weight is 215 g/mol. The Morgan fingerprint density at radius 2 is 1.94 bits per heavy atom. The maximum atomic E-state index is 12.1. The number of carbonyl (C=O) groups is 1. The lowest BCUT2D eigenvalue weighted by molar-refractivity contribution is 0.103. The van der Waals surface area contributed by atoms with E-state index in [2.05, 4.69) is 5.10 Å². The average Bonchev–Trinajstić information content (AvgIpc) is 2.57. The van der Waals surface area contributed by atoms with Gasteiger partial charge in [0.15, 0.2) is 5.69 Å². The Morgan fingerprint density at radius 1 is 1.31 bits per heavy atom. The molecule has 16 heavy (non-hydrogen) atoms. The van der Waals surface area contributed by atoms with Crippen molar-refractivity contribution in [2.24, 2.45) is 7.05 Å². The summed E-state index contributed by atoms with van der Waals surface area (Å²) in [5.41, 5.74) is 8.03. The molecule has 0 bridgehead atoms. The number of hydrogen-bond acceptors (Lipinski definition) is 3. The third-order valence-electron chi connectivity index (χ3n) is 2.63. The van der Waals surface area contributed by atoms with E-state index in [1.165, 1.54) is 0 Å². The molecule has 0 amide bonds. The molecule has 0 fully saturated rings. The van der Waals surface area contributed by atoms with Gasteiger partial charge in [-0.3, -0.25) is 9.48 Å². The highest BCUT2D eigenvalue weighted by Crippen LogP contribution is 2.18. The van der Waals surface area contributed by atoms with Crippen LogP contribution in [0.4, 0.5) is 5.69 Å². The second-order valence-corrected chi connectivity index (χ2v) is 3.67. The second-order valence-electron chi connectivity index (χ2n) is 3.67. The van der Waals surface area contributed by atoms with Crippen molar-refractivity contribution in [1.29, 1.82) is 0 Å². The van der Waals surface area contributed by atoms with Crippen LogP contribution in [0.1, 0.15) is 21.7 Å². The van der Waals surface area contributed by atoms with Crippen molar-refractivity contribution >= 4 is 11.5 Å².